The minimum absolute atomic E-state index is 0.719. The lowest BCUT2D eigenvalue weighted by Gasteiger charge is -2.36. The van der Waals surface area contributed by atoms with Gasteiger partial charge in [0.15, 0.2) is 0 Å². The summed E-state index contributed by atoms with van der Waals surface area (Å²) < 4.78 is 0. The van der Waals surface area contributed by atoms with Crippen molar-refractivity contribution in [3.8, 4) is 77.9 Å². The van der Waals surface area contributed by atoms with Crippen molar-refractivity contribution in [1.29, 1.82) is 0 Å². The van der Waals surface area contributed by atoms with Crippen LogP contribution in [-0.4, -0.2) is 0 Å². The summed E-state index contributed by atoms with van der Waals surface area (Å²) in [7, 11) is 0. The van der Waals surface area contributed by atoms with Crippen molar-refractivity contribution in [2.45, 2.75) is 5.41 Å². The highest BCUT2D eigenvalue weighted by Gasteiger charge is 2.51. The minimum Gasteiger partial charge on any atom is -0.309 e. The molecule has 0 amide bonds. The van der Waals surface area contributed by atoms with Gasteiger partial charge in [-0.3, -0.25) is 0 Å². The van der Waals surface area contributed by atoms with Crippen molar-refractivity contribution in [3.05, 3.63) is 295 Å². The zero-order valence-electron chi connectivity index (χ0n) is 37.4. The molecule has 11 aromatic rings. The maximum atomic E-state index is 2.54. The smallest absolute Gasteiger partial charge is 0.0726 e. The molecule has 1 nitrogen and oxygen atoms in total. The van der Waals surface area contributed by atoms with Crippen LogP contribution >= 0.6 is 0 Å². The average Bonchev–Trinajstić information content (AvgIpc) is 3.66. The van der Waals surface area contributed by atoms with Crippen LogP contribution in [0.3, 0.4) is 0 Å². The van der Waals surface area contributed by atoms with Crippen LogP contribution in [0.5, 0.6) is 0 Å². The van der Waals surface area contributed by atoms with Gasteiger partial charge in [0.1, 0.15) is 0 Å². The lowest BCUT2D eigenvalue weighted by Crippen LogP contribution is -2.29. The SMILES string of the molecule is c1ccc(-c2ccc(N(c3ccccc3-c3ccccc3)c3cc(-c4ccccc4)cc4c3-c3ccc(-c5ccccc5)cc3C43c4ccccc4-c4ccccc4-c4ccccc43)cc2)cc1. The quantitative estimate of drug-likeness (QED) is 0.154. The van der Waals surface area contributed by atoms with Crippen molar-refractivity contribution in [2.24, 2.45) is 0 Å². The molecule has 0 fully saturated rings. The Kier molecular flexibility index (Phi) is 9.47. The molecule has 11 aromatic carbocycles. The number of rotatable bonds is 7. The first-order chi connectivity index (χ1) is 33.8. The minimum atomic E-state index is -0.719. The van der Waals surface area contributed by atoms with E-state index in [-0.39, 0.29) is 0 Å². The van der Waals surface area contributed by atoms with Gasteiger partial charge in [-0.05, 0) is 125 Å². The molecule has 0 atom stereocenters. The topological polar surface area (TPSA) is 3.24 Å². The number of anilines is 3. The summed E-state index contributed by atoms with van der Waals surface area (Å²) in [5, 5.41) is 0. The van der Waals surface area contributed by atoms with Gasteiger partial charge in [-0.2, -0.15) is 0 Å². The predicted octanol–water partition coefficient (Wildman–Crippen LogP) is 17.8. The standard InChI is InChI=1S/C67H45N/c1-5-21-46(22-6-1)49-37-40-53(41-38-49)68(64-36-20-17-29-54(64)50-27-11-4-12-28-50)65-45-52(48-25-9-3-10-26-48)44-63-66(65)59-42-39-51(47-23-7-2-8-24-47)43-62(59)67(63)60-34-18-15-32-57(60)55-30-13-14-31-56(55)58-33-16-19-35-61(58)67/h1-45H. The van der Waals surface area contributed by atoms with E-state index in [4.69, 9.17) is 0 Å². The van der Waals surface area contributed by atoms with Crippen LogP contribution < -0.4 is 4.90 Å². The molecule has 1 spiro atoms. The Morgan fingerprint density at radius 2 is 0.632 bits per heavy atom. The van der Waals surface area contributed by atoms with E-state index in [1.807, 2.05) is 0 Å². The Balaban J connectivity index is 1.20. The third-order valence-corrected chi connectivity index (χ3v) is 14.3. The molecule has 0 N–H and O–H groups in total. The van der Waals surface area contributed by atoms with E-state index in [0.717, 1.165) is 28.2 Å². The molecular formula is C67H45N. The molecule has 318 valence electrons. The second-order valence-electron chi connectivity index (χ2n) is 17.9. The number of hydrogen-bond acceptors (Lipinski definition) is 1. The molecule has 0 saturated carbocycles. The number of fused-ring (bicyclic) bond motifs is 12. The zero-order chi connectivity index (χ0) is 45.0. The highest BCUT2D eigenvalue weighted by atomic mass is 15.1. The lowest BCUT2D eigenvalue weighted by molar-refractivity contribution is 0.776. The van der Waals surface area contributed by atoms with E-state index in [0.29, 0.717) is 0 Å². The summed E-state index contributed by atoms with van der Waals surface area (Å²) >= 11 is 0. The molecule has 13 rings (SSSR count). The van der Waals surface area contributed by atoms with Gasteiger partial charge in [0.25, 0.3) is 0 Å². The van der Waals surface area contributed by atoms with Gasteiger partial charge >= 0.3 is 0 Å². The number of nitrogens with zero attached hydrogens (tertiary/aromatic N) is 1. The van der Waals surface area contributed by atoms with Crippen LogP contribution in [0.2, 0.25) is 0 Å². The molecule has 0 unspecified atom stereocenters. The van der Waals surface area contributed by atoms with Crippen molar-refractivity contribution in [3.63, 3.8) is 0 Å². The normalized spacial score (nSPS) is 12.5. The lowest BCUT2D eigenvalue weighted by atomic mass is 9.65. The summed E-state index contributed by atoms with van der Waals surface area (Å²) in [4.78, 5) is 2.54. The van der Waals surface area contributed by atoms with Crippen LogP contribution in [0.15, 0.2) is 273 Å². The van der Waals surface area contributed by atoms with Crippen molar-refractivity contribution < 1.29 is 0 Å². The van der Waals surface area contributed by atoms with Gasteiger partial charge in [-0.25, -0.2) is 0 Å². The number of para-hydroxylation sites is 1. The second-order valence-corrected chi connectivity index (χ2v) is 17.9. The van der Waals surface area contributed by atoms with E-state index in [2.05, 4.69) is 278 Å². The van der Waals surface area contributed by atoms with Gasteiger partial charge in [-0.15, -0.1) is 0 Å². The third-order valence-electron chi connectivity index (χ3n) is 14.3. The van der Waals surface area contributed by atoms with E-state index in [9.17, 15) is 0 Å². The molecule has 0 radical (unpaired) electrons. The van der Waals surface area contributed by atoms with E-state index in [1.165, 1.54) is 89.0 Å². The van der Waals surface area contributed by atoms with Crippen LogP contribution in [0.25, 0.3) is 77.9 Å². The maximum absolute atomic E-state index is 2.54. The van der Waals surface area contributed by atoms with E-state index >= 15 is 0 Å². The molecule has 1 heteroatoms. The van der Waals surface area contributed by atoms with Crippen molar-refractivity contribution in [2.75, 3.05) is 4.90 Å². The molecular weight excluding hydrogens is 819 g/mol. The fourth-order valence-corrected chi connectivity index (χ4v) is 11.3. The van der Waals surface area contributed by atoms with E-state index in [1.54, 1.807) is 0 Å². The highest BCUT2D eigenvalue weighted by Crippen LogP contribution is 2.65. The van der Waals surface area contributed by atoms with Crippen molar-refractivity contribution >= 4 is 17.1 Å². The summed E-state index contributed by atoms with van der Waals surface area (Å²) in [6.45, 7) is 0. The fourth-order valence-electron chi connectivity index (χ4n) is 11.3. The first-order valence-corrected chi connectivity index (χ1v) is 23.6. The maximum Gasteiger partial charge on any atom is 0.0726 e. The van der Waals surface area contributed by atoms with Gasteiger partial charge in [0, 0.05) is 16.8 Å². The Hall–Kier alpha value is -8.78. The third kappa shape index (κ3) is 6.24. The molecule has 0 bridgehead atoms. The Bertz CT molecular complexity index is 3580. The number of benzene rings is 11. The molecule has 68 heavy (non-hydrogen) atoms. The van der Waals surface area contributed by atoms with Crippen molar-refractivity contribution in [1.82, 2.24) is 0 Å². The van der Waals surface area contributed by atoms with E-state index < -0.39 is 5.41 Å². The Morgan fingerprint density at radius 1 is 0.221 bits per heavy atom. The largest absolute Gasteiger partial charge is 0.309 e. The van der Waals surface area contributed by atoms with Gasteiger partial charge in [-0.1, -0.05) is 237 Å². The van der Waals surface area contributed by atoms with Crippen LogP contribution in [0, 0.1) is 0 Å². The second kappa shape index (κ2) is 16.3. The van der Waals surface area contributed by atoms with Crippen LogP contribution in [0.1, 0.15) is 22.3 Å². The first kappa shape index (κ1) is 39.6. The molecule has 0 aromatic heterocycles. The molecule has 0 heterocycles. The Labute approximate surface area is 398 Å². The van der Waals surface area contributed by atoms with Gasteiger partial charge < -0.3 is 4.90 Å². The average molecular weight is 864 g/mol. The summed E-state index contributed by atoms with van der Waals surface area (Å²) in [6.07, 6.45) is 0. The first-order valence-electron chi connectivity index (χ1n) is 23.6. The Morgan fingerprint density at radius 3 is 1.21 bits per heavy atom. The van der Waals surface area contributed by atoms with Gasteiger partial charge in [0.05, 0.1) is 16.8 Å². The fraction of sp³-hybridized carbons (Fsp3) is 0.0149. The molecule has 0 aliphatic heterocycles. The monoisotopic (exact) mass is 863 g/mol. The predicted molar refractivity (Wildman–Crippen MR) is 285 cm³/mol. The summed E-state index contributed by atoms with van der Waals surface area (Å²) in [5.74, 6) is 0. The molecule has 2 aliphatic carbocycles. The van der Waals surface area contributed by atoms with Crippen LogP contribution in [-0.2, 0) is 5.41 Å². The summed E-state index contributed by atoms with van der Waals surface area (Å²) in [6, 6.07) is 101. The molecule has 2 aliphatic rings. The zero-order valence-corrected chi connectivity index (χ0v) is 37.4. The highest BCUT2D eigenvalue weighted by molar-refractivity contribution is 6.05. The summed E-state index contributed by atoms with van der Waals surface area (Å²) in [5.41, 5.74) is 24.6. The van der Waals surface area contributed by atoms with Gasteiger partial charge in [0.2, 0.25) is 0 Å². The number of hydrogen-bond donors (Lipinski definition) is 0. The van der Waals surface area contributed by atoms with Crippen LogP contribution in [0.4, 0.5) is 17.1 Å². The molecule has 0 saturated heterocycles.